The normalized spacial score (nSPS) is 27.2. The van der Waals surface area contributed by atoms with E-state index in [4.69, 9.17) is 14.6 Å². The number of nitrogens with zero attached hydrogens (tertiary/aromatic N) is 2. The number of ether oxygens (including phenoxy) is 2. The molecule has 19 heavy (non-hydrogen) atoms. The summed E-state index contributed by atoms with van der Waals surface area (Å²) in [6, 6.07) is -1.14. The van der Waals surface area contributed by atoms with Crippen LogP contribution in [-0.4, -0.2) is 78.0 Å². The highest BCUT2D eigenvalue weighted by molar-refractivity contribution is 5.83. The Morgan fingerprint density at radius 2 is 2.00 bits per heavy atom. The van der Waals surface area contributed by atoms with Gasteiger partial charge in [0.2, 0.25) is 0 Å². The minimum Gasteiger partial charge on any atom is -0.480 e. The number of aliphatic carboxylic acids is 1. The molecule has 7 nitrogen and oxygen atoms in total. The van der Waals surface area contributed by atoms with Crippen molar-refractivity contribution in [2.24, 2.45) is 0 Å². The van der Waals surface area contributed by atoms with Crippen LogP contribution in [0.3, 0.4) is 0 Å². The van der Waals surface area contributed by atoms with Gasteiger partial charge in [-0.3, -0.25) is 0 Å². The summed E-state index contributed by atoms with van der Waals surface area (Å²) in [7, 11) is 0. The average molecular weight is 272 g/mol. The summed E-state index contributed by atoms with van der Waals surface area (Å²) in [5.41, 5.74) is -0.390. The van der Waals surface area contributed by atoms with Crippen molar-refractivity contribution < 1.29 is 24.2 Å². The van der Waals surface area contributed by atoms with Gasteiger partial charge in [-0.1, -0.05) is 0 Å². The zero-order chi connectivity index (χ0) is 14.0. The van der Waals surface area contributed by atoms with Gasteiger partial charge in [-0.2, -0.15) is 0 Å². The van der Waals surface area contributed by atoms with Gasteiger partial charge in [0.15, 0.2) is 6.04 Å². The van der Waals surface area contributed by atoms with E-state index in [1.165, 1.54) is 4.90 Å². The third-order valence-electron chi connectivity index (χ3n) is 3.36. The second-order valence-corrected chi connectivity index (χ2v) is 5.43. The number of carboxylic acids is 1. The third-order valence-corrected chi connectivity index (χ3v) is 3.36. The molecule has 0 aromatic rings. The molecule has 1 unspecified atom stereocenters. The van der Waals surface area contributed by atoms with Crippen molar-refractivity contribution >= 4 is 12.0 Å². The highest BCUT2D eigenvalue weighted by atomic mass is 16.5. The Bertz CT molecular complexity index is 371. The third kappa shape index (κ3) is 3.16. The Balaban J connectivity index is 2.06. The molecule has 108 valence electrons. The molecule has 0 radical (unpaired) electrons. The zero-order valence-corrected chi connectivity index (χ0v) is 11.3. The maximum atomic E-state index is 12.4. The van der Waals surface area contributed by atoms with Crippen LogP contribution in [0.1, 0.15) is 13.8 Å². The largest absolute Gasteiger partial charge is 0.480 e. The Morgan fingerprint density at radius 3 is 2.63 bits per heavy atom. The number of carbonyl (C=O) groups is 2. The summed E-state index contributed by atoms with van der Waals surface area (Å²) < 4.78 is 10.7. The smallest absolute Gasteiger partial charge is 0.328 e. The molecule has 2 rings (SSSR count). The van der Waals surface area contributed by atoms with E-state index in [1.54, 1.807) is 4.90 Å². The first-order chi connectivity index (χ1) is 8.91. The Hall–Kier alpha value is -1.34. The van der Waals surface area contributed by atoms with Crippen LogP contribution in [0.4, 0.5) is 4.79 Å². The van der Waals surface area contributed by atoms with E-state index in [9.17, 15) is 9.59 Å². The monoisotopic (exact) mass is 272 g/mol. The molecule has 1 N–H and O–H groups in total. The number of carbonyl (C=O) groups excluding carboxylic acids is 1. The van der Waals surface area contributed by atoms with Gasteiger partial charge in [-0.15, -0.1) is 0 Å². The van der Waals surface area contributed by atoms with Gasteiger partial charge in [0.05, 0.1) is 32.0 Å². The molecule has 0 aliphatic carbocycles. The van der Waals surface area contributed by atoms with Crippen LogP contribution in [0.5, 0.6) is 0 Å². The van der Waals surface area contributed by atoms with Crippen molar-refractivity contribution in [1.82, 2.24) is 9.80 Å². The van der Waals surface area contributed by atoms with Gasteiger partial charge in [0.1, 0.15) is 0 Å². The van der Waals surface area contributed by atoms with E-state index in [0.29, 0.717) is 32.8 Å². The van der Waals surface area contributed by atoms with Crippen molar-refractivity contribution in [3.8, 4) is 0 Å². The molecule has 0 aromatic carbocycles. The lowest BCUT2D eigenvalue weighted by molar-refractivity contribution is -0.148. The lowest BCUT2D eigenvalue weighted by atomic mass is 10.1. The molecule has 0 saturated carbocycles. The summed E-state index contributed by atoms with van der Waals surface area (Å²) in [6.07, 6.45) is 0. The zero-order valence-electron chi connectivity index (χ0n) is 11.3. The SMILES string of the molecule is CC1(C)CN(C(=O)N2CCOCC2C(=O)O)CCO1. The molecule has 0 bridgehead atoms. The lowest BCUT2D eigenvalue weighted by Crippen LogP contribution is -2.60. The van der Waals surface area contributed by atoms with Crippen LogP contribution < -0.4 is 0 Å². The number of morpholine rings is 2. The molecule has 1 atom stereocenters. The topological polar surface area (TPSA) is 79.3 Å². The first-order valence-corrected chi connectivity index (χ1v) is 6.41. The summed E-state index contributed by atoms with van der Waals surface area (Å²) in [4.78, 5) is 26.6. The number of rotatable bonds is 1. The molecule has 2 fully saturated rings. The van der Waals surface area contributed by atoms with Crippen LogP contribution in [0.15, 0.2) is 0 Å². The predicted octanol–water partition coefficient (Wildman–Crippen LogP) is 0.00260. The molecular formula is C12H20N2O5. The van der Waals surface area contributed by atoms with Gasteiger partial charge in [0, 0.05) is 13.1 Å². The van der Waals surface area contributed by atoms with Gasteiger partial charge >= 0.3 is 12.0 Å². The van der Waals surface area contributed by atoms with E-state index in [1.807, 2.05) is 13.8 Å². The molecule has 2 heterocycles. The van der Waals surface area contributed by atoms with Crippen LogP contribution in [-0.2, 0) is 14.3 Å². The number of hydrogen-bond acceptors (Lipinski definition) is 4. The van der Waals surface area contributed by atoms with E-state index >= 15 is 0 Å². The second-order valence-electron chi connectivity index (χ2n) is 5.43. The summed E-state index contributed by atoms with van der Waals surface area (Å²) >= 11 is 0. The van der Waals surface area contributed by atoms with Crippen molar-refractivity contribution in [1.29, 1.82) is 0 Å². The van der Waals surface area contributed by atoms with Crippen LogP contribution in [0.25, 0.3) is 0 Å². The number of hydrogen-bond donors (Lipinski definition) is 1. The fourth-order valence-corrected chi connectivity index (χ4v) is 2.40. The fourth-order valence-electron chi connectivity index (χ4n) is 2.40. The molecule has 0 aromatic heterocycles. The lowest BCUT2D eigenvalue weighted by Gasteiger charge is -2.42. The first-order valence-electron chi connectivity index (χ1n) is 6.41. The van der Waals surface area contributed by atoms with Crippen LogP contribution in [0, 0.1) is 0 Å². The second kappa shape index (κ2) is 5.34. The van der Waals surface area contributed by atoms with E-state index < -0.39 is 12.0 Å². The standard InChI is InChI=1S/C12H20N2O5/c1-12(2)8-13(3-6-19-12)11(17)14-4-5-18-7-9(14)10(15)16/h9H,3-8H2,1-2H3,(H,15,16). The van der Waals surface area contributed by atoms with E-state index in [-0.39, 0.29) is 18.2 Å². The van der Waals surface area contributed by atoms with E-state index in [2.05, 4.69) is 0 Å². The van der Waals surface area contributed by atoms with Gasteiger partial charge in [-0.05, 0) is 13.8 Å². The maximum Gasteiger partial charge on any atom is 0.328 e. The van der Waals surface area contributed by atoms with Gasteiger partial charge in [0.25, 0.3) is 0 Å². The van der Waals surface area contributed by atoms with E-state index in [0.717, 1.165) is 0 Å². The van der Waals surface area contributed by atoms with Gasteiger partial charge < -0.3 is 24.4 Å². The molecule has 2 aliphatic rings. The van der Waals surface area contributed by atoms with Crippen LogP contribution in [0.2, 0.25) is 0 Å². The number of carboxylic acid groups (broad SMARTS) is 1. The fraction of sp³-hybridized carbons (Fsp3) is 0.833. The van der Waals surface area contributed by atoms with Crippen LogP contribution >= 0.6 is 0 Å². The van der Waals surface area contributed by atoms with Crippen molar-refractivity contribution in [3.05, 3.63) is 0 Å². The Kier molecular flexibility index (Phi) is 3.96. The molecule has 2 amide bonds. The highest BCUT2D eigenvalue weighted by Crippen LogP contribution is 2.19. The number of urea groups is 1. The Morgan fingerprint density at radius 1 is 1.26 bits per heavy atom. The van der Waals surface area contributed by atoms with Crippen molar-refractivity contribution in [3.63, 3.8) is 0 Å². The molecule has 7 heteroatoms. The maximum absolute atomic E-state index is 12.4. The number of amides is 2. The summed E-state index contributed by atoms with van der Waals surface area (Å²) in [5.74, 6) is -1.03. The average Bonchev–Trinajstić information content (AvgIpc) is 2.36. The minimum absolute atomic E-state index is 0.0504. The highest BCUT2D eigenvalue weighted by Gasteiger charge is 2.38. The predicted molar refractivity (Wildman–Crippen MR) is 65.9 cm³/mol. The molecule has 0 spiro atoms. The Labute approximate surface area is 112 Å². The van der Waals surface area contributed by atoms with Crippen molar-refractivity contribution in [2.75, 3.05) is 39.5 Å². The molecule has 2 aliphatic heterocycles. The molecule has 2 saturated heterocycles. The summed E-state index contributed by atoms with van der Waals surface area (Å²) in [5, 5.41) is 9.14. The van der Waals surface area contributed by atoms with Crippen molar-refractivity contribution in [2.45, 2.75) is 25.5 Å². The minimum atomic E-state index is -1.03. The summed E-state index contributed by atoms with van der Waals surface area (Å²) in [6.45, 7) is 6.01. The van der Waals surface area contributed by atoms with Gasteiger partial charge in [-0.25, -0.2) is 9.59 Å². The quantitative estimate of drug-likeness (QED) is 0.727. The first kappa shape index (κ1) is 14.1. The molecular weight excluding hydrogens is 252 g/mol.